The summed E-state index contributed by atoms with van der Waals surface area (Å²) in [6.45, 7) is 7.45. The van der Waals surface area contributed by atoms with E-state index < -0.39 is 11.7 Å². The molecule has 3 heterocycles. The van der Waals surface area contributed by atoms with Crippen LogP contribution in [0.4, 0.5) is 10.6 Å². The van der Waals surface area contributed by atoms with Crippen molar-refractivity contribution in [3.63, 3.8) is 0 Å². The van der Waals surface area contributed by atoms with Crippen molar-refractivity contribution in [1.82, 2.24) is 15.0 Å². The van der Waals surface area contributed by atoms with Gasteiger partial charge in [0, 0.05) is 30.7 Å². The molecule has 6 heteroatoms. The van der Waals surface area contributed by atoms with E-state index in [4.69, 9.17) is 4.74 Å². The standard InChI is InChI=1S/C20H22N4O2/c1-13-6-7-16-17(23-13)10-15(12-22-16)14-8-9-21-18(11-14)24(5)19(25)26-20(2,3)4/h6-12H,1-5H3. The quantitative estimate of drug-likeness (QED) is 0.686. The molecule has 0 saturated carbocycles. The number of hydrogen-bond donors (Lipinski definition) is 0. The number of anilines is 1. The minimum absolute atomic E-state index is 0.448. The number of fused-ring (bicyclic) bond motifs is 1. The highest BCUT2D eigenvalue weighted by Gasteiger charge is 2.21. The first-order valence-corrected chi connectivity index (χ1v) is 8.39. The summed E-state index contributed by atoms with van der Waals surface area (Å²) in [5, 5.41) is 0. The van der Waals surface area contributed by atoms with Gasteiger partial charge in [0.1, 0.15) is 11.4 Å². The Hall–Kier alpha value is -3.02. The number of rotatable bonds is 2. The summed E-state index contributed by atoms with van der Waals surface area (Å²) in [7, 11) is 1.64. The van der Waals surface area contributed by atoms with Crippen LogP contribution < -0.4 is 4.90 Å². The number of aryl methyl sites for hydroxylation is 1. The van der Waals surface area contributed by atoms with Gasteiger partial charge in [0.05, 0.1) is 11.0 Å². The molecule has 0 saturated heterocycles. The van der Waals surface area contributed by atoms with Gasteiger partial charge in [-0.15, -0.1) is 0 Å². The molecular weight excluding hydrogens is 328 g/mol. The number of nitrogens with zero attached hydrogens (tertiary/aromatic N) is 4. The number of amides is 1. The molecule has 0 radical (unpaired) electrons. The number of ether oxygens (including phenoxy) is 1. The van der Waals surface area contributed by atoms with Gasteiger partial charge >= 0.3 is 6.09 Å². The Kier molecular flexibility index (Phi) is 4.59. The average molecular weight is 350 g/mol. The summed E-state index contributed by atoms with van der Waals surface area (Å²) >= 11 is 0. The van der Waals surface area contributed by atoms with Crippen molar-refractivity contribution in [2.45, 2.75) is 33.3 Å². The van der Waals surface area contributed by atoms with Crippen molar-refractivity contribution in [3.8, 4) is 11.1 Å². The highest BCUT2D eigenvalue weighted by Crippen LogP contribution is 2.25. The third-order valence-electron chi connectivity index (χ3n) is 3.77. The fourth-order valence-corrected chi connectivity index (χ4v) is 2.47. The number of carbonyl (C=O) groups is 1. The van der Waals surface area contributed by atoms with Crippen LogP contribution in [0.1, 0.15) is 26.5 Å². The van der Waals surface area contributed by atoms with E-state index in [9.17, 15) is 4.79 Å². The van der Waals surface area contributed by atoms with E-state index in [-0.39, 0.29) is 0 Å². The average Bonchev–Trinajstić information content (AvgIpc) is 2.59. The van der Waals surface area contributed by atoms with Crippen LogP contribution in [0.15, 0.2) is 42.7 Å². The Morgan fingerprint density at radius 1 is 1.04 bits per heavy atom. The predicted molar refractivity (Wildman–Crippen MR) is 102 cm³/mol. The fourth-order valence-electron chi connectivity index (χ4n) is 2.47. The molecule has 3 aromatic heterocycles. The first-order chi connectivity index (χ1) is 12.2. The maximum atomic E-state index is 12.3. The van der Waals surface area contributed by atoms with Crippen molar-refractivity contribution in [2.24, 2.45) is 0 Å². The van der Waals surface area contributed by atoms with Crippen LogP contribution in [-0.4, -0.2) is 33.7 Å². The lowest BCUT2D eigenvalue weighted by atomic mass is 10.1. The zero-order chi connectivity index (χ0) is 18.9. The summed E-state index contributed by atoms with van der Waals surface area (Å²) in [4.78, 5) is 26.9. The van der Waals surface area contributed by atoms with E-state index in [1.807, 2.05) is 58.0 Å². The lowest BCUT2D eigenvalue weighted by Crippen LogP contribution is -2.34. The molecule has 0 aliphatic rings. The highest BCUT2D eigenvalue weighted by atomic mass is 16.6. The van der Waals surface area contributed by atoms with Crippen LogP contribution in [0.2, 0.25) is 0 Å². The molecule has 1 amide bonds. The van der Waals surface area contributed by atoms with Crippen molar-refractivity contribution >= 4 is 22.9 Å². The monoisotopic (exact) mass is 350 g/mol. The van der Waals surface area contributed by atoms with E-state index in [0.717, 1.165) is 27.9 Å². The zero-order valence-corrected chi connectivity index (χ0v) is 15.6. The van der Waals surface area contributed by atoms with Gasteiger partial charge in [0.25, 0.3) is 0 Å². The summed E-state index contributed by atoms with van der Waals surface area (Å²) < 4.78 is 5.39. The number of aromatic nitrogens is 3. The summed E-state index contributed by atoms with van der Waals surface area (Å²) in [6.07, 6.45) is 3.02. The van der Waals surface area contributed by atoms with Gasteiger partial charge in [0.15, 0.2) is 0 Å². The Balaban J connectivity index is 1.93. The van der Waals surface area contributed by atoms with Gasteiger partial charge in [-0.1, -0.05) is 0 Å². The molecule has 0 unspecified atom stereocenters. The van der Waals surface area contributed by atoms with E-state index in [2.05, 4.69) is 15.0 Å². The largest absolute Gasteiger partial charge is 0.443 e. The Labute approximate surface area is 152 Å². The maximum absolute atomic E-state index is 12.3. The van der Waals surface area contributed by atoms with E-state index in [1.165, 1.54) is 4.90 Å². The normalized spacial score (nSPS) is 11.4. The Morgan fingerprint density at radius 2 is 1.81 bits per heavy atom. The maximum Gasteiger partial charge on any atom is 0.415 e. The molecule has 6 nitrogen and oxygen atoms in total. The lowest BCUT2D eigenvalue weighted by molar-refractivity contribution is 0.0588. The van der Waals surface area contributed by atoms with Crippen LogP contribution in [0, 0.1) is 6.92 Å². The predicted octanol–water partition coefficient (Wildman–Crippen LogP) is 4.37. The second kappa shape index (κ2) is 6.71. The first kappa shape index (κ1) is 17.8. The van der Waals surface area contributed by atoms with Crippen LogP contribution in [0.25, 0.3) is 22.2 Å². The van der Waals surface area contributed by atoms with Crippen LogP contribution in [-0.2, 0) is 4.74 Å². The molecule has 134 valence electrons. The van der Waals surface area contributed by atoms with Gasteiger partial charge in [-0.25, -0.2) is 9.78 Å². The summed E-state index contributed by atoms with van der Waals surface area (Å²) in [6, 6.07) is 9.60. The fraction of sp³-hybridized carbons (Fsp3) is 0.300. The zero-order valence-electron chi connectivity index (χ0n) is 15.6. The molecule has 0 aromatic carbocycles. The van der Waals surface area contributed by atoms with E-state index in [0.29, 0.717) is 5.82 Å². The van der Waals surface area contributed by atoms with Gasteiger partial charge in [-0.2, -0.15) is 0 Å². The number of hydrogen-bond acceptors (Lipinski definition) is 5. The summed E-state index contributed by atoms with van der Waals surface area (Å²) in [5.74, 6) is 0.508. The highest BCUT2D eigenvalue weighted by molar-refractivity contribution is 5.87. The van der Waals surface area contributed by atoms with E-state index >= 15 is 0 Å². The molecule has 26 heavy (non-hydrogen) atoms. The van der Waals surface area contributed by atoms with Crippen molar-refractivity contribution in [3.05, 3.63) is 48.4 Å². The lowest BCUT2D eigenvalue weighted by Gasteiger charge is -2.24. The molecule has 3 aromatic rings. The van der Waals surface area contributed by atoms with Gasteiger partial charge in [-0.3, -0.25) is 14.9 Å². The Morgan fingerprint density at radius 3 is 2.54 bits per heavy atom. The third-order valence-corrected chi connectivity index (χ3v) is 3.77. The second-order valence-corrected chi connectivity index (χ2v) is 7.16. The molecular formula is C20H22N4O2. The summed E-state index contributed by atoms with van der Waals surface area (Å²) in [5.41, 5.74) is 3.88. The van der Waals surface area contributed by atoms with Crippen molar-refractivity contribution in [1.29, 1.82) is 0 Å². The SMILES string of the molecule is Cc1ccc2ncc(-c3ccnc(N(C)C(=O)OC(C)(C)C)c3)cc2n1. The van der Waals surface area contributed by atoms with Crippen molar-refractivity contribution in [2.75, 3.05) is 11.9 Å². The van der Waals surface area contributed by atoms with Gasteiger partial charge in [0.2, 0.25) is 0 Å². The van der Waals surface area contributed by atoms with Crippen LogP contribution in [0.5, 0.6) is 0 Å². The molecule has 0 fully saturated rings. The molecule has 0 N–H and O–H groups in total. The number of pyridine rings is 3. The number of carbonyl (C=O) groups excluding carboxylic acids is 1. The first-order valence-electron chi connectivity index (χ1n) is 8.39. The smallest absolute Gasteiger partial charge is 0.415 e. The molecule has 0 bridgehead atoms. The molecule has 0 aliphatic heterocycles. The van der Waals surface area contributed by atoms with E-state index in [1.54, 1.807) is 19.4 Å². The molecule has 0 spiro atoms. The van der Waals surface area contributed by atoms with Crippen molar-refractivity contribution < 1.29 is 9.53 Å². The van der Waals surface area contributed by atoms with Gasteiger partial charge in [-0.05, 0) is 63.6 Å². The second-order valence-electron chi connectivity index (χ2n) is 7.16. The minimum atomic E-state index is -0.561. The van der Waals surface area contributed by atoms with Crippen LogP contribution in [0.3, 0.4) is 0 Å². The molecule has 3 rings (SSSR count). The molecule has 0 atom stereocenters. The Bertz CT molecular complexity index is 963. The van der Waals surface area contributed by atoms with Gasteiger partial charge < -0.3 is 4.74 Å². The minimum Gasteiger partial charge on any atom is -0.443 e. The third kappa shape index (κ3) is 3.96. The van der Waals surface area contributed by atoms with Crippen LogP contribution >= 0.6 is 0 Å². The molecule has 0 aliphatic carbocycles. The topological polar surface area (TPSA) is 68.2 Å².